The van der Waals surface area contributed by atoms with E-state index in [1.807, 2.05) is 6.92 Å². The second-order valence-electron chi connectivity index (χ2n) is 6.13. The summed E-state index contributed by atoms with van der Waals surface area (Å²) in [7, 11) is 0. The Hall–Kier alpha value is -1.56. The topological polar surface area (TPSA) is 116 Å². The Morgan fingerprint density at radius 1 is 1.20 bits per heavy atom. The fourth-order valence-corrected chi connectivity index (χ4v) is 2.09. The number of hydrogen-bond donors (Lipinski definition) is 4. The fraction of sp³-hybridized carbons (Fsp3) is 0.706. The molecule has 0 fully saturated rings. The van der Waals surface area contributed by atoms with Crippen LogP contribution in [0.3, 0.4) is 0 Å². The largest absolute Gasteiger partial charge is 0.396 e. The summed E-state index contributed by atoms with van der Waals surface area (Å²) in [4.78, 5) is 34.7. The van der Waals surface area contributed by atoms with E-state index in [9.17, 15) is 19.5 Å². The molecule has 0 bridgehead atoms. The normalized spacial score (nSPS) is 11.9. The van der Waals surface area contributed by atoms with E-state index in [0.717, 1.165) is 18.2 Å². The van der Waals surface area contributed by atoms with Gasteiger partial charge in [-0.1, -0.05) is 38.5 Å². The van der Waals surface area contributed by atoms with Gasteiger partial charge in [-0.15, -0.1) is 0 Å². The number of aliphatic hydroxyl groups is 2. The lowest BCUT2D eigenvalue weighted by Crippen LogP contribution is -2.46. The average Bonchev–Trinajstić information content (AvgIpc) is 2.58. The maximum atomic E-state index is 11.7. The second-order valence-corrected chi connectivity index (χ2v) is 7.20. The molecule has 0 spiro atoms. The maximum Gasteiger partial charge on any atom is 0.262 e. The van der Waals surface area contributed by atoms with Crippen LogP contribution in [-0.4, -0.2) is 58.7 Å². The minimum Gasteiger partial charge on any atom is -0.396 e. The van der Waals surface area contributed by atoms with E-state index in [2.05, 4.69) is 22.5 Å². The Bertz CT molecular complexity index is 511. The summed E-state index contributed by atoms with van der Waals surface area (Å²) in [5, 5.41) is 23.8. The molecule has 142 valence electrons. The van der Waals surface area contributed by atoms with Crippen LogP contribution in [-0.2, 0) is 14.4 Å². The third-order valence-corrected chi connectivity index (χ3v) is 4.04. The van der Waals surface area contributed by atoms with Crippen LogP contribution in [0.15, 0.2) is 0 Å². The van der Waals surface area contributed by atoms with Gasteiger partial charge in [0.15, 0.2) is 0 Å². The van der Waals surface area contributed by atoms with Gasteiger partial charge in [0.05, 0.1) is 6.61 Å². The van der Waals surface area contributed by atoms with Crippen molar-refractivity contribution < 1.29 is 24.6 Å². The Balaban J connectivity index is 3.87. The highest BCUT2D eigenvalue weighted by molar-refractivity contribution is 8.14. The van der Waals surface area contributed by atoms with E-state index in [1.54, 1.807) is 13.8 Å². The first-order valence-corrected chi connectivity index (χ1v) is 9.22. The van der Waals surface area contributed by atoms with Crippen LogP contribution in [0, 0.1) is 17.3 Å². The average molecular weight is 372 g/mol. The number of hydrogen-bond acceptors (Lipinski definition) is 6. The van der Waals surface area contributed by atoms with E-state index >= 15 is 0 Å². The summed E-state index contributed by atoms with van der Waals surface area (Å²) in [6.07, 6.45) is 0.314. The van der Waals surface area contributed by atoms with Crippen molar-refractivity contribution in [3.05, 3.63) is 0 Å². The summed E-state index contributed by atoms with van der Waals surface area (Å²) >= 11 is 1.05. The predicted molar refractivity (Wildman–Crippen MR) is 97.7 cm³/mol. The van der Waals surface area contributed by atoms with Gasteiger partial charge in [0.25, 0.3) is 5.12 Å². The molecule has 0 aromatic heterocycles. The molecule has 0 radical (unpaired) electrons. The third kappa shape index (κ3) is 10.8. The van der Waals surface area contributed by atoms with Crippen LogP contribution >= 0.6 is 11.8 Å². The van der Waals surface area contributed by atoms with Crippen molar-refractivity contribution in [3.8, 4) is 11.8 Å². The molecular weight excluding hydrogens is 344 g/mol. The lowest BCUT2D eigenvalue weighted by molar-refractivity contribution is -0.137. The standard InChI is InChI=1S/C17H28N2O5S/c1-4-5-6-7-14(22)25-11-10-18-13(21)8-9-19-16(24)15(23)17(2,3)12-20/h15,20,23H,4-5,8-12H2,1-3H3,(H,18,21)(H,19,24)/t15-/m0/s1. The Morgan fingerprint density at radius 2 is 1.88 bits per heavy atom. The lowest BCUT2D eigenvalue weighted by atomic mass is 9.87. The number of amides is 2. The maximum absolute atomic E-state index is 11.7. The number of unbranched alkanes of at least 4 members (excludes halogenated alkanes) is 1. The van der Waals surface area contributed by atoms with Crippen molar-refractivity contribution in [2.45, 2.75) is 46.1 Å². The van der Waals surface area contributed by atoms with E-state index in [-0.39, 0.29) is 30.6 Å². The Kier molecular flexibility index (Phi) is 12.0. The van der Waals surface area contributed by atoms with Gasteiger partial charge in [0.1, 0.15) is 6.10 Å². The minimum absolute atomic E-state index is 0.0624. The second kappa shape index (κ2) is 12.8. The molecular formula is C17H28N2O5S. The zero-order chi connectivity index (χ0) is 19.3. The van der Waals surface area contributed by atoms with Gasteiger partial charge in [-0.25, -0.2) is 0 Å². The first-order valence-electron chi connectivity index (χ1n) is 8.23. The summed E-state index contributed by atoms with van der Waals surface area (Å²) in [5.74, 6) is 4.82. The summed E-state index contributed by atoms with van der Waals surface area (Å²) < 4.78 is 0. The first-order chi connectivity index (χ1) is 11.7. The fourth-order valence-electron chi connectivity index (χ4n) is 1.56. The predicted octanol–water partition coefficient (Wildman–Crippen LogP) is 0.0516. The number of aliphatic hydroxyl groups excluding tert-OH is 2. The van der Waals surface area contributed by atoms with Crippen LogP contribution in [0.2, 0.25) is 0 Å². The molecule has 0 aliphatic rings. The van der Waals surface area contributed by atoms with Crippen LogP contribution in [0.1, 0.15) is 40.0 Å². The zero-order valence-electron chi connectivity index (χ0n) is 15.1. The van der Waals surface area contributed by atoms with Gasteiger partial charge in [-0.05, 0) is 12.3 Å². The number of carbonyl (C=O) groups excluding carboxylic acids is 3. The molecule has 0 heterocycles. The Morgan fingerprint density at radius 3 is 2.48 bits per heavy atom. The van der Waals surface area contributed by atoms with E-state index < -0.39 is 17.4 Å². The Labute approximate surface area is 153 Å². The summed E-state index contributed by atoms with van der Waals surface area (Å²) in [5.41, 5.74) is -0.948. The van der Waals surface area contributed by atoms with E-state index in [1.165, 1.54) is 0 Å². The van der Waals surface area contributed by atoms with E-state index in [4.69, 9.17) is 5.11 Å². The number of thioether (sulfide) groups is 1. The quantitative estimate of drug-likeness (QED) is 0.318. The molecule has 0 aromatic carbocycles. The van der Waals surface area contributed by atoms with Gasteiger partial charge in [0, 0.05) is 37.1 Å². The van der Waals surface area contributed by atoms with Gasteiger partial charge in [-0.3, -0.25) is 14.4 Å². The molecule has 2 amide bonds. The van der Waals surface area contributed by atoms with Crippen LogP contribution in [0.5, 0.6) is 0 Å². The molecule has 0 aromatic rings. The third-order valence-electron chi connectivity index (χ3n) is 3.27. The number of carbonyl (C=O) groups is 3. The van der Waals surface area contributed by atoms with Crippen LogP contribution in [0.25, 0.3) is 0 Å². The van der Waals surface area contributed by atoms with Crippen molar-refractivity contribution in [2.24, 2.45) is 5.41 Å². The molecule has 1 atom stereocenters. The highest BCUT2D eigenvalue weighted by Crippen LogP contribution is 2.19. The molecule has 0 saturated heterocycles. The molecule has 0 aliphatic heterocycles. The SMILES string of the molecule is CCCC#CC(=O)SCCNC(=O)CCNC(=O)[C@H](O)C(C)(C)CO. The number of nitrogens with one attached hydrogen (secondary N) is 2. The first kappa shape index (κ1) is 23.4. The van der Waals surface area contributed by atoms with Crippen LogP contribution < -0.4 is 10.6 Å². The van der Waals surface area contributed by atoms with Gasteiger partial charge in [0.2, 0.25) is 11.8 Å². The molecule has 4 N–H and O–H groups in total. The highest BCUT2D eigenvalue weighted by atomic mass is 32.2. The highest BCUT2D eigenvalue weighted by Gasteiger charge is 2.32. The summed E-state index contributed by atoms with van der Waals surface area (Å²) in [6, 6.07) is 0. The van der Waals surface area contributed by atoms with Crippen molar-refractivity contribution in [2.75, 3.05) is 25.4 Å². The van der Waals surface area contributed by atoms with Crippen molar-refractivity contribution in [1.82, 2.24) is 10.6 Å². The molecule has 0 aliphatic carbocycles. The van der Waals surface area contributed by atoms with Crippen molar-refractivity contribution in [1.29, 1.82) is 0 Å². The zero-order valence-corrected chi connectivity index (χ0v) is 15.9. The molecule has 7 nitrogen and oxygen atoms in total. The monoisotopic (exact) mass is 372 g/mol. The molecule has 0 unspecified atom stereocenters. The molecule has 0 rings (SSSR count). The van der Waals surface area contributed by atoms with Crippen molar-refractivity contribution >= 4 is 28.7 Å². The summed E-state index contributed by atoms with van der Waals surface area (Å²) in [6.45, 7) is 5.20. The molecule has 8 heteroatoms. The van der Waals surface area contributed by atoms with Gasteiger partial charge < -0.3 is 20.8 Å². The van der Waals surface area contributed by atoms with Crippen LogP contribution in [0.4, 0.5) is 0 Å². The number of rotatable bonds is 10. The van der Waals surface area contributed by atoms with Gasteiger partial charge in [-0.2, -0.15) is 0 Å². The van der Waals surface area contributed by atoms with Gasteiger partial charge >= 0.3 is 0 Å². The minimum atomic E-state index is -1.35. The molecule has 25 heavy (non-hydrogen) atoms. The van der Waals surface area contributed by atoms with Crippen molar-refractivity contribution in [3.63, 3.8) is 0 Å². The van der Waals surface area contributed by atoms with E-state index in [0.29, 0.717) is 18.7 Å². The smallest absolute Gasteiger partial charge is 0.262 e. The lowest BCUT2D eigenvalue weighted by Gasteiger charge is -2.27. The molecule has 0 saturated carbocycles.